The maximum atomic E-state index is 12.7. The summed E-state index contributed by atoms with van der Waals surface area (Å²) >= 11 is 0. The number of rotatable bonds is 4. The first-order valence-corrected chi connectivity index (χ1v) is 9.81. The number of carbonyl (C=O) groups excluding carboxylic acids is 1. The van der Waals surface area contributed by atoms with Gasteiger partial charge in [0.25, 0.3) is 0 Å². The predicted molar refractivity (Wildman–Crippen MR) is 90.5 cm³/mol. The SMILES string of the molecule is Cc1c(S(=O)(=O)N2CCN(C(=O)Cn3ccc(C(F)(F)F)n3)CC2)cnn1C. The molecule has 1 aliphatic heterocycles. The van der Waals surface area contributed by atoms with E-state index in [-0.39, 0.29) is 37.6 Å². The number of alkyl halides is 3. The monoisotopic (exact) mass is 420 g/mol. The molecular weight excluding hydrogens is 401 g/mol. The van der Waals surface area contributed by atoms with E-state index in [1.807, 2.05) is 0 Å². The fourth-order valence-electron chi connectivity index (χ4n) is 2.89. The first kappa shape index (κ1) is 20.3. The molecule has 3 heterocycles. The lowest BCUT2D eigenvalue weighted by Gasteiger charge is -2.33. The molecule has 2 aromatic rings. The van der Waals surface area contributed by atoms with E-state index in [0.29, 0.717) is 5.69 Å². The molecule has 0 aromatic carbocycles. The minimum Gasteiger partial charge on any atom is -0.338 e. The van der Waals surface area contributed by atoms with Crippen molar-refractivity contribution in [3.63, 3.8) is 0 Å². The first-order valence-electron chi connectivity index (χ1n) is 8.37. The lowest BCUT2D eigenvalue weighted by Crippen LogP contribution is -2.51. The molecule has 9 nitrogen and oxygen atoms in total. The van der Waals surface area contributed by atoms with Crippen molar-refractivity contribution < 1.29 is 26.4 Å². The third-order valence-corrected chi connectivity index (χ3v) is 6.63. The number of hydrogen-bond donors (Lipinski definition) is 0. The largest absolute Gasteiger partial charge is 0.435 e. The van der Waals surface area contributed by atoms with Crippen molar-refractivity contribution in [3.05, 3.63) is 29.8 Å². The van der Waals surface area contributed by atoms with Gasteiger partial charge in [0, 0.05) is 39.4 Å². The van der Waals surface area contributed by atoms with E-state index >= 15 is 0 Å². The number of carbonyl (C=O) groups is 1. The zero-order valence-electron chi connectivity index (χ0n) is 15.2. The molecule has 0 atom stereocenters. The Balaban J connectivity index is 1.61. The predicted octanol–water partition coefficient (Wildman–Crippen LogP) is 0.477. The van der Waals surface area contributed by atoms with E-state index in [9.17, 15) is 26.4 Å². The van der Waals surface area contributed by atoms with Crippen molar-refractivity contribution in [1.82, 2.24) is 28.8 Å². The van der Waals surface area contributed by atoms with Gasteiger partial charge in [-0.1, -0.05) is 0 Å². The Bertz CT molecular complexity index is 974. The number of halogens is 3. The van der Waals surface area contributed by atoms with Crippen LogP contribution in [-0.4, -0.2) is 69.3 Å². The van der Waals surface area contributed by atoms with Crippen molar-refractivity contribution in [2.45, 2.75) is 24.5 Å². The number of hydrogen-bond acceptors (Lipinski definition) is 5. The fraction of sp³-hybridized carbons (Fsp3) is 0.533. The van der Waals surface area contributed by atoms with Crippen LogP contribution in [0.4, 0.5) is 13.2 Å². The second-order valence-electron chi connectivity index (χ2n) is 6.40. The number of sulfonamides is 1. The topological polar surface area (TPSA) is 93.3 Å². The van der Waals surface area contributed by atoms with Gasteiger partial charge >= 0.3 is 6.18 Å². The van der Waals surface area contributed by atoms with Gasteiger partial charge in [0.05, 0.1) is 11.9 Å². The second kappa shape index (κ2) is 7.20. The number of piperazine rings is 1. The lowest BCUT2D eigenvalue weighted by molar-refractivity contribution is -0.142. The highest BCUT2D eigenvalue weighted by Crippen LogP contribution is 2.27. The molecule has 28 heavy (non-hydrogen) atoms. The molecule has 0 N–H and O–H groups in total. The lowest BCUT2D eigenvalue weighted by atomic mass is 10.3. The molecule has 1 amide bonds. The molecule has 0 spiro atoms. The Morgan fingerprint density at radius 2 is 1.86 bits per heavy atom. The van der Waals surface area contributed by atoms with E-state index in [2.05, 4.69) is 10.2 Å². The van der Waals surface area contributed by atoms with E-state index < -0.39 is 27.8 Å². The van der Waals surface area contributed by atoms with Crippen LogP contribution < -0.4 is 0 Å². The summed E-state index contributed by atoms with van der Waals surface area (Å²) in [6, 6.07) is 0.800. The van der Waals surface area contributed by atoms with Crippen LogP contribution in [0.25, 0.3) is 0 Å². The Morgan fingerprint density at radius 1 is 1.21 bits per heavy atom. The standard InChI is InChI=1S/C15H19F3N6O3S/c1-11-12(9-19-21(11)2)28(26,27)24-7-5-22(6-8-24)14(25)10-23-4-3-13(20-23)15(16,17)18/h3-4,9H,5-8,10H2,1-2H3. The van der Waals surface area contributed by atoms with E-state index in [0.717, 1.165) is 16.9 Å². The molecule has 3 rings (SSSR count). The summed E-state index contributed by atoms with van der Waals surface area (Å²) in [4.78, 5) is 13.8. The Hall–Kier alpha value is -2.41. The first-order chi connectivity index (χ1) is 13.0. The van der Waals surface area contributed by atoms with Gasteiger partial charge < -0.3 is 4.90 Å². The van der Waals surface area contributed by atoms with E-state index in [1.54, 1.807) is 14.0 Å². The summed E-state index contributed by atoms with van der Waals surface area (Å²) in [5.41, 5.74) is -0.555. The van der Waals surface area contributed by atoms with Crippen LogP contribution in [-0.2, 0) is 34.6 Å². The van der Waals surface area contributed by atoms with E-state index in [1.165, 1.54) is 20.1 Å². The summed E-state index contributed by atoms with van der Waals surface area (Å²) in [5.74, 6) is -0.425. The number of aromatic nitrogens is 4. The van der Waals surface area contributed by atoms with Crippen molar-refractivity contribution in [2.75, 3.05) is 26.2 Å². The average Bonchev–Trinajstić information content (AvgIpc) is 3.22. The van der Waals surface area contributed by atoms with Crippen molar-refractivity contribution in [1.29, 1.82) is 0 Å². The van der Waals surface area contributed by atoms with Gasteiger partial charge in [0.2, 0.25) is 15.9 Å². The van der Waals surface area contributed by atoms with Gasteiger partial charge in [-0.05, 0) is 13.0 Å². The summed E-state index contributed by atoms with van der Waals surface area (Å²) < 4.78 is 66.9. The molecule has 13 heteroatoms. The van der Waals surface area contributed by atoms with Crippen LogP contribution in [0.15, 0.2) is 23.4 Å². The molecule has 0 radical (unpaired) electrons. The van der Waals surface area contributed by atoms with Gasteiger partial charge in [0.15, 0.2) is 5.69 Å². The minimum atomic E-state index is -4.57. The van der Waals surface area contributed by atoms with Crippen LogP contribution in [0, 0.1) is 6.92 Å². The number of amides is 1. The van der Waals surface area contributed by atoms with Crippen molar-refractivity contribution in [3.8, 4) is 0 Å². The summed E-state index contributed by atoms with van der Waals surface area (Å²) in [6.45, 7) is 1.78. The van der Waals surface area contributed by atoms with E-state index in [4.69, 9.17) is 0 Å². The van der Waals surface area contributed by atoms with Gasteiger partial charge in [-0.15, -0.1) is 0 Å². The molecule has 0 bridgehead atoms. The molecule has 1 saturated heterocycles. The van der Waals surface area contributed by atoms with Crippen molar-refractivity contribution in [2.24, 2.45) is 7.05 Å². The van der Waals surface area contributed by atoms with Crippen LogP contribution >= 0.6 is 0 Å². The Morgan fingerprint density at radius 3 is 2.36 bits per heavy atom. The highest BCUT2D eigenvalue weighted by atomic mass is 32.2. The van der Waals surface area contributed by atoms with Gasteiger partial charge in [0.1, 0.15) is 11.4 Å². The van der Waals surface area contributed by atoms with Gasteiger partial charge in [-0.3, -0.25) is 14.2 Å². The van der Waals surface area contributed by atoms with Crippen LogP contribution in [0.5, 0.6) is 0 Å². The summed E-state index contributed by atoms with van der Waals surface area (Å²) in [7, 11) is -2.08. The quantitative estimate of drug-likeness (QED) is 0.717. The van der Waals surface area contributed by atoms with Gasteiger partial charge in [-0.25, -0.2) is 8.42 Å². The third kappa shape index (κ3) is 3.90. The zero-order valence-corrected chi connectivity index (χ0v) is 16.0. The minimum absolute atomic E-state index is 0.0926. The molecule has 1 aliphatic rings. The highest BCUT2D eigenvalue weighted by molar-refractivity contribution is 7.89. The smallest absolute Gasteiger partial charge is 0.338 e. The molecule has 0 saturated carbocycles. The third-order valence-electron chi connectivity index (χ3n) is 4.63. The van der Waals surface area contributed by atoms with Crippen LogP contribution in [0.2, 0.25) is 0 Å². The number of nitrogens with zero attached hydrogens (tertiary/aromatic N) is 6. The molecule has 1 fully saturated rings. The molecule has 0 aliphatic carbocycles. The summed E-state index contributed by atoms with van der Waals surface area (Å²) in [6.07, 6.45) is -2.19. The van der Waals surface area contributed by atoms with Crippen molar-refractivity contribution >= 4 is 15.9 Å². The molecule has 0 unspecified atom stereocenters. The van der Waals surface area contributed by atoms with Gasteiger partial charge in [-0.2, -0.15) is 27.7 Å². The highest BCUT2D eigenvalue weighted by Gasteiger charge is 2.34. The van der Waals surface area contributed by atoms with Crippen LogP contribution in [0.1, 0.15) is 11.4 Å². The summed E-state index contributed by atoms with van der Waals surface area (Å²) in [5, 5.41) is 7.29. The Kier molecular flexibility index (Phi) is 5.23. The number of aryl methyl sites for hydroxylation is 1. The second-order valence-corrected chi connectivity index (χ2v) is 8.31. The fourth-order valence-corrected chi connectivity index (χ4v) is 4.50. The molecule has 154 valence electrons. The average molecular weight is 420 g/mol. The maximum absolute atomic E-state index is 12.7. The van der Waals surface area contributed by atoms with Crippen LogP contribution in [0.3, 0.4) is 0 Å². The Labute approximate surface area is 159 Å². The zero-order chi connectivity index (χ0) is 20.7. The molecule has 2 aromatic heterocycles. The normalized spacial score (nSPS) is 16.5. The molecular formula is C15H19F3N6O3S. The maximum Gasteiger partial charge on any atom is 0.435 e.